The Labute approximate surface area is 215 Å². The van der Waals surface area contributed by atoms with Gasteiger partial charge in [-0.2, -0.15) is 9.40 Å². The van der Waals surface area contributed by atoms with Crippen LogP contribution < -0.4 is 5.32 Å². The lowest BCUT2D eigenvalue weighted by atomic mass is 9.97. The quantitative estimate of drug-likeness (QED) is 0.338. The summed E-state index contributed by atoms with van der Waals surface area (Å²) in [5.41, 5.74) is 5.41. The third-order valence-corrected chi connectivity index (χ3v) is 10.3. The molecule has 4 aromatic rings. The van der Waals surface area contributed by atoms with Crippen molar-refractivity contribution in [2.75, 3.05) is 18.4 Å². The first-order valence-electron chi connectivity index (χ1n) is 12.3. The van der Waals surface area contributed by atoms with Crippen molar-refractivity contribution >= 4 is 43.4 Å². The van der Waals surface area contributed by atoms with Crippen molar-refractivity contribution in [3.05, 3.63) is 48.2 Å². The number of aromatic nitrogens is 5. The SMILES string of the molecule is CCN(CC)S(=O)(=O)c1sc(Nc2nc(C3=CCCCC3)cn3c(-c4cnn(C)c4)cnc23)cc1C. The van der Waals surface area contributed by atoms with Crippen LogP contribution in [0.25, 0.3) is 22.5 Å². The number of anilines is 2. The minimum atomic E-state index is -3.55. The van der Waals surface area contributed by atoms with E-state index in [1.165, 1.54) is 27.6 Å². The number of nitrogens with one attached hydrogen (secondary N) is 1. The van der Waals surface area contributed by atoms with Gasteiger partial charge in [-0.25, -0.2) is 18.4 Å². The van der Waals surface area contributed by atoms with Crippen molar-refractivity contribution in [3.63, 3.8) is 0 Å². The molecule has 11 heteroatoms. The minimum Gasteiger partial charge on any atom is -0.329 e. The summed E-state index contributed by atoms with van der Waals surface area (Å²) >= 11 is 1.23. The predicted molar refractivity (Wildman–Crippen MR) is 144 cm³/mol. The van der Waals surface area contributed by atoms with Gasteiger partial charge in [-0.3, -0.25) is 9.08 Å². The van der Waals surface area contributed by atoms with Crippen molar-refractivity contribution in [1.29, 1.82) is 0 Å². The van der Waals surface area contributed by atoms with Crippen molar-refractivity contribution in [3.8, 4) is 11.3 Å². The Balaban J connectivity index is 1.60. The Kier molecular flexibility index (Phi) is 6.71. The molecule has 9 nitrogen and oxygen atoms in total. The molecule has 36 heavy (non-hydrogen) atoms. The Hall–Kier alpha value is -3.02. The van der Waals surface area contributed by atoms with Crippen LogP contribution in [0.4, 0.5) is 10.8 Å². The molecule has 0 bridgehead atoms. The topological polar surface area (TPSA) is 97.4 Å². The van der Waals surface area contributed by atoms with E-state index in [1.54, 1.807) is 4.68 Å². The standard InChI is InChI=1S/C25H31N7O2S2/c1-5-31(6-2)36(33,34)25-17(3)12-22(35-25)29-23-24-26-14-21(19-13-27-30(4)15-19)32(24)16-20(28-23)18-10-8-7-9-11-18/h10,12-16H,5-9,11H2,1-4H3,(H,28,29). The molecule has 0 unspecified atom stereocenters. The highest BCUT2D eigenvalue weighted by molar-refractivity contribution is 7.91. The third kappa shape index (κ3) is 4.46. The Morgan fingerprint density at radius 3 is 2.64 bits per heavy atom. The van der Waals surface area contributed by atoms with Gasteiger partial charge in [0, 0.05) is 38.1 Å². The number of sulfonamides is 1. The van der Waals surface area contributed by atoms with Gasteiger partial charge >= 0.3 is 0 Å². The number of nitrogens with zero attached hydrogens (tertiary/aromatic N) is 6. The van der Waals surface area contributed by atoms with Crippen LogP contribution in [-0.2, 0) is 17.1 Å². The van der Waals surface area contributed by atoms with Crippen LogP contribution in [0.2, 0.25) is 0 Å². The largest absolute Gasteiger partial charge is 0.329 e. The Bertz CT molecular complexity index is 1540. The van der Waals surface area contributed by atoms with Crippen molar-refractivity contribution < 1.29 is 8.42 Å². The number of imidazole rings is 1. The molecule has 0 aliphatic heterocycles. The lowest BCUT2D eigenvalue weighted by Crippen LogP contribution is -2.30. The molecule has 0 atom stereocenters. The molecular weight excluding hydrogens is 494 g/mol. The summed E-state index contributed by atoms with van der Waals surface area (Å²) in [6.45, 7) is 6.41. The molecule has 0 saturated heterocycles. The fourth-order valence-electron chi connectivity index (χ4n) is 4.65. The summed E-state index contributed by atoms with van der Waals surface area (Å²) in [5.74, 6) is 0.599. The summed E-state index contributed by atoms with van der Waals surface area (Å²) in [4.78, 5) is 9.64. The lowest BCUT2D eigenvalue weighted by Gasteiger charge is -2.17. The average Bonchev–Trinajstić information content (AvgIpc) is 3.58. The molecule has 0 saturated carbocycles. The van der Waals surface area contributed by atoms with Crippen LogP contribution >= 0.6 is 11.3 Å². The smallest absolute Gasteiger partial charge is 0.252 e. The maximum atomic E-state index is 13.2. The van der Waals surface area contributed by atoms with Gasteiger partial charge in [0.25, 0.3) is 10.0 Å². The second kappa shape index (κ2) is 9.79. The first-order chi connectivity index (χ1) is 17.3. The van der Waals surface area contributed by atoms with E-state index < -0.39 is 10.0 Å². The summed E-state index contributed by atoms with van der Waals surface area (Å²) in [6.07, 6.45) is 14.3. The lowest BCUT2D eigenvalue weighted by molar-refractivity contribution is 0.446. The summed E-state index contributed by atoms with van der Waals surface area (Å²) in [7, 11) is -1.66. The highest BCUT2D eigenvalue weighted by atomic mass is 32.2. The van der Waals surface area contributed by atoms with E-state index in [-0.39, 0.29) is 0 Å². The second-order valence-corrected chi connectivity index (χ2v) is 12.2. The van der Waals surface area contributed by atoms with E-state index in [9.17, 15) is 8.42 Å². The van der Waals surface area contributed by atoms with Gasteiger partial charge < -0.3 is 5.32 Å². The third-order valence-electron chi connectivity index (χ3n) is 6.51. The molecule has 0 radical (unpaired) electrons. The van der Waals surface area contributed by atoms with Gasteiger partial charge in [0.15, 0.2) is 11.5 Å². The molecule has 190 valence electrons. The zero-order chi connectivity index (χ0) is 25.4. The maximum absolute atomic E-state index is 13.2. The second-order valence-electron chi connectivity index (χ2n) is 8.99. The molecule has 4 aromatic heterocycles. The summed E-state index contributed by atoms with van der Waals surface area (Å²) < 4.78 is 32.0. The highest BCUT2D eigenvalue weighted by Gasteiger charge is 2.26. The molecule has 0 spiro atoms. The van der Waals surface area contributed by atoms with E-state index in [1.807, 2.05) is 63.1 Å². The van der Waals surface area contributed by atoms with Crippen molar-refractivity contribution in [2.45, 2.75) is 50.7 Å². The van der Waals surface area contributed by atoms with Gasteiger partial charge in [0.2, 0.25) is 0 Å². The molecular formula is C25H31N7O2S2. The fourth-order valence-corrected chi connectivity index (χ4v) is 7.84. The number of rotatable bonds is 8. The molecule has 0 fully saturated rings. The maximum Gasteiger partial charge on any atom is 0.252 e. The number of allylic oxidation sites excluding steroid dienone is 2. The van der Waals surface area contributed by atoms with Crippen molar-refractivity contribution in [1.82, 2.24) is 28.5 Å². The average molecular weight is 526 g/mol. The van der Waals surface area contributed by atoms with Crippen LogP contribution in [0.3, 0.4) is 0 Å². The van der Waals surface area contributed by atoms with E-state index in [0.717, 1.165) is 41.8 Å². The summed E-state index contributed by atoms with van der Waals surface area (Å²) in [5, 5.41) is 8.43. The number of hydrogen-bond donors (Lipinski definition) is 1. The number of fused-ring (bicyclic) bond motifs is 1. The van der Waals surface area contributed by atoms with E-state index in [0.29, 0.717) is 33.8 Å². The van der Waals surface area contributed by atoms with Gasteiger partial charge in [-0.1, -0.05) is 19.9 Å². The zero-order valence-electron chi connectivity index (χ0n) is 21.0. The van der Waals surface area contributed by atoms with Crippen LogP contribution in [0.5, 0.6) is 0 Å². The number of hydrogen-bond acceptors (Lipinski definition) is 7. The van der Waals surface area contributed by atoms with Crippen LogP contribution in [0.1, 0.15) is 50.8 Å². The van der Waals surface area contributed by atoms with Crippen LogP contribution in [0, 0.1) is 6.92 Å². The first kappa shape index (κ1) is 24.7. The molecule has 1 N–H and O–H groups in total. The minimum absolute atomic E-state index is 0.357. The first-order valence-corrected chi connectivity index (χ1v) is 14.5. The van der Waals surface area contributed by atoms with Gasteiger partial charge in [0.1, 0.15) is 4.21 Å². The number of aryl methyl sites for hydroxylation is 2. The van der Waals surface area contributed by atoms with Crippen LogP contribution in [0.15, 0.2) is 41.1 Å². The van der Waals surface area contributed by atoms with E-state index in [4.69, 9.17) is 4.98 Å². The Morgan fingerprint density at radius 2 is 1.97 bits per heavy atom. The summed E-state index contributed by atoms with van der Waals surface area (Å²) in [6, 6.07) is 1.87. The Morgan fingerprint density at radius 1 is 1.17 bits per heavy atom. The monoisotopic (exact) mass is 525 g/mol. The van der Waals surface area contributed by atoms with E-state index >= 15 is 0 Å². The van der Waals surface area contributed by atoms with Crippen molar-refractivity contribution in [2.24, 2.45) is 7.05 Å². The molecule has 0 amide bonds. The molecule has 4 heterocycles. The van der Waals surface area contributed by atoms with Gasteiger partial charge in [0.05, 0.1) is 28.8 Å². The van der Waals surface area contributed by atoms with Crippen LogP contribution in [-0.4, -0.2) is 50.0 Å². The van der Waals surface area contributed by atoms with E-state index in [2.05, 4.69) is 21.5 Å². The fraction of sp³-hybridized carbons (Fsp3) is 0.400. The van der Waals surface area contributed by atoms with Gasteiger partial charge in [-0.15, -0.1) is 11.3 Å². The zero-order valence-corrected chi connectivity index (χ0v) is 22.7. The molecule has 5 rings (SSSR count). The van der Waals surface area contributed by atoms with Gasteiger partial charge in [-0.05, 0) is 49.8 Å². The molecule has 1 aliphatic rings. The molecule has 1 aliphatic carbocycles. The highest BCUT2D eigenvalue weighted by Crippen LogP contribution is 2.36. The normalized spacial score (nSPS) is 14.5. The number of thiophene rings is 1. The molecule has 0 aromatic carbocycles. The predicted octanol–water partition coefficient (Wildman–Crippen LogP) is 5.23.